The molecule has 0 radical (unpaired) electrons. The first kappa shape index (κ1) is 22.2. The van der Waals surface area contributed by atoms with Gasteiger partial charge in [0, 0.05) is 24.4 Å². The molecule has 3 amide bonds. The quantitative estimate of drug-likeness (QED) is 0.528. The zero-order valence-electron chi connectivity index (χ0n) is 17.8. The number of imide groups is 1. The van der Waals surface area contributed by atoms with Gasteiger partial charge in [-0.25, -0.2) is 0 Å². The first-order chi connectivity index (χ1) is 15.2. The summed E-state index contributed by atoms with van der Waals surface area (Å²) < 4.78 is 30.2. The van der Waals surface area contributed by atoms with Crippen LogP contribution in [0.3, 0.4) is 0 Å². The molecule has 2 aliphatic heterocycles. The van der Waals surface area contributed by atoms with Gasteiger partial charge in [-0.05, 0) is 42.7 Å². The summed E-state index contributed by atoms with van der Waals surface area (Å²) in [4.78, 5) is 38.0. The Bertz CT molecular complexity index is 1190. The smallest absolute Gasteiger partial charge is 0.296 e. The maximum atomic E-state index is 12.8. The average molecular weight is 457 g/mol. The van der Waals surface area contributed by atoms with Crippen molar-refractivity contribution in [1.29, 1.82) is 0 Å². The number of hydrogen-bond donors (Lipinski definition) is 1. The number of fused-ring (bicyclic) bond motifs is 1. The van der Waals surface area contributed by atoms with Crippen LogP contribution in [-0.4, -0.2) is 43.7 Å². The largest absolute Gasteiger partial charge is 0.322 e. The monoisotopic (exact) mass is 456 g/mol. The average Bonchev–Trinajstić information content (AvgIpc) is 3.08. The molecule has 2 aromatic rings. The highest BCUT2D eigenvalue weighted by Crippen LogP contribution is 2.30. The van der Waals surface area contributed by atoms with E-state index in [0.29, 0.717) is 12.0 Å². The van der Waals surface area contributed by atoms with Crippen LogP contribution < -0.4 is 5.32 Å². The lowest BCUT2D eigenvalue weighted by molar-refractivity contribution is -0.136. The van der Waals surface area contributed by atoms with E-state index in [1.165, 1.54) is 17.0 Å². The molecule has 2 aliphatic rings. The van der Waals surface area contributed by atoms with Gasteiger partial charge in [0.1, 0.15) is 6.04 Å². The zero-order chi connectivity index (χ0) is 23.0. The minimum atomic E-state index is -3.87. The summed E-state index contributed by atoms with van der Waals surface area (Å²) in [6.45, 7) is 3.95. The fraction of sp³-hybridized carbons (Fsp3) is 0.348. The topological polar surface area (TPSA) is 110 Å². The lowest BCUT2D eigenvalue weighted by Crippen LogP contribution is -2.52. The van der Waals surface area contributed by atoms with E-state index in [-0.39, 0.29) is 42.2 Å². The number of carbonyl (C=O) groups excluding carboxylic acids is 3. The second-order valence-corrected chi connectivity index (χ2v) is 9.88. The Morgan fingerprint density at radius 3 is 2.53 bits per heavy atom. The van der Waals surface area contributed by atoms with Gasteiger partial charge in [-0.3, -0.25) is 23.9 Å². The lowest BCUT2D eigenvalue weighted by atomic mass is 9.98. The normalized spacial score (nSPS) is 19.6. The predicted molar refractivity (Wildman–Crippen MR) is 115 cm³/mol. The van der Waals surface area contributed by atoms with Gasteiger partial charge in [-0.1, -0.05) is 36.8 Å². The lowest BCUT2D eigenvalue weighted by Gasteiger charge is -2.29. The molecular formula is C23H24N2O6S. The summed E-state index contributed by atoms with van der Waals surface area (Å²) in [7, 11) is -3.87. The van der Waals surface area contributed by atoms with Crippen LogP contribution >= 0.6 is 0 Å². The van der Waals surface area contributed by atoms with E-state index >= 15 is 0 Å². The van der Waals surface area contributed by atoms with Crippen LogP contribution in [0, 0.1) is 6.92 Å². The Balaban J connectivity index is 1.45. The summed E-state index contributed by atoms with van der Waals surface area (Å²) >= 11 is 0. The second-order valence-electron chi connectivity index (χ2n) is 8.27. The highest BCUT2D eigenvalue weighted by atomic mass is 32.2. The predicted octanol–water partition coefficient (Wildman–Crippen LogP) is 2.27. The maximum absolute atomic E-state index is 12.8. The van der Waals surface area contributed by atoms with Crippen LogP contribution in [0.5, 0.6) is 0 Å². The van der Waals surface area contributed by atoms with Crippen LogP contribution in [0.25, 0.3) is 0 Å². The van der Waals surface area contributed by atoms with E-state index in [9.17, 15) is 22.8 Å². The Morgan fingerprint density at radius 2 is 1.84 bits per heavy atom. The molecule has 1 saturated heterocycles. The molecule has 0 spiro atoms. The zero-order valence-corrected chi connectivity index (χ0v) is 18.6. The van der Waals surface area contributed by atoms with Crippen molar-refractivity contribution in [3.8, 4) is 0 Å². The van der Waals surface area contributed by atoms with Crippen molar-refractivity contribution in [3.05, 3.63) is 64.7 Å². The number of carbonyl (C=O) groups is 3. The molecule has 2 atom stereocenters. The minimum absolute atomic E-state index is 0.0419. The van der Waals surface area contributed by atoms with Gasteiger partial charge in [0.25, 0.3) is 16.0 Å². The summed E-state index contributed by atoms with van der Waals surface area (Å²) in [6.07, 6.45) is 0.504. The molecular weight excluding hydrogens is 432 g/mol. The van der Waals surface area contributed by atoms with Gasteiger partial charge < -0.3 is 4.90 Å². The molecule has 0 bridgehead atoms. The molecule has 2 aromatic carbocycles. The van der Waals surface area contributed by atoms with E-state index in [2.05, 4.69) is 5.32 Å². The molecule has 9 heteroatoms. The Labute approximate surface area is 186 Å². The van der Waals surface area contributed by atoms with Crippen molar-refractivity contribution < 1.29 is 27.0 Å². The fourth-order valence-electron chi connectivity index (χ4n) is 3.96. The van der Waals surface area contributed by atoms with Gasteiger partial charge in [-0.2, -0.15) is 8.42 Å². The minimum Gasteiger partial charge on any atom is -0.322 e. The number of nitrogens with one attached hydrogen (secondary N) is 1. The molecule has 0 saturated carbocycles. The van der Waals surface area contributed by atoms with Gasteiger partial charge in [0.2, 0.25) is 11.8 Å². The summed E-state index contributed by atoms with van der Waals surface area (Å²) in [5.41, 5.74) is 3.07. The first-order valence-electron chi connectivity index (χ1n) is 10.4. The van der Waals surface area contributed by atoms with Crippen molar-refractivity contribution in [3.63, 3.8) is 0 Å². The highest BCUT2D eigenvalue weighted by molar-refractivity contribution is 7.86. The van der Waals surface area contributed by atoms with E-state index in [4.69, 9.17) is 4.18 Å². The molecule has 0 aliphatic carbocycles. The molecule has 8 nitrogen and oxygen atoms in total. The molecule has 4 rings (SSSR count). The second kappa shape index (κ2) is 8.48. The molecule has 0 aromatic heterocycles. The Morgan fingerprint density at radius 1 is 1.12 bits per heavy atom. The fourth-order valence-corrected chi connectivity index (χ4v) is 4.95. The Hall–Kier alpha value is -3.04. The number of nitrogens with zero attached hydrogens (tertiary/aromatic N) is 1. The van der Waals surface area contributed by atoms with Crippen molar-refractivity contribution in [1.82, 2.24) is 10.2 Å². The third-order valence-electron chi connectivity index (χ3n) is 5.90. The van der Waals surface area contributed by atoms with Crippen LogP contribution in [-0.2, 0) is 30.4 Å². The van der Waals surface area contributed by atoms with Crippen LogP contribution in [0.4, 0.5) is 0 Å². The SMILES string of the molecule is Cc1ccc(S(=O)(=O)OCC(C)c2ccc3c(c2)CN(C2CCC(=O)NC2=O)C3=O)cc1. The molecule has 168 valence electrons. The van der Waals surface area contributed by atoms with Crippen molar-refractivity contribution in [2.75, 3.05) is 6.61 Å². The molecule has 32 heavy (non-hydrogen) atoms. The number of piperidine rings is 1. The third kappa shape index (κ3) is 4.31. The van der Waals surface area contributed by atoms with Crippen molar-refractivity contribution in [2.45, 2.75) is 50.1 Å². The third-order valence-corrected chi connectivity index (χ3v) is 7.20. The van der Waals surface area contributed by atoms with Crippen molar-refractivity contribution >= 4 is 27.8 Å². The molecule has 1 N–H and O–H groups in total. The molecule has 2 unspecified atom stereocenters. The van der Waals surface area contributed by atoms with Gasteiger partial charge in [0.05, 0.1) is 11.5 Å². The van der Waals surface area contributed by atoms with Gasteiger partial charge >= 0.3 is 0 Å². The number of aryl methyl sites for hydroxylation is 1. The standard InChI is InChI=1S/C23H24N2O6S/c1-14-3-6-18(7-4-14)32(29,30)31-13-15(2)16-5-8-19-17(11-16)12-25(23(19)28)20-9-10-21(26)24-22(20)27/h3-8,11,15,20H,9-10,12-13H2,1-2H3,(H,24,26,27). The summed E-state index contributed by atoms with van der Waals surface area (Å²) in [5.74, 6) is -1.26. The van der Waals surface area contributed by atoms with Crippen LogP contribution in [0.2, 0.25) is 0 Å². The summed E-state index contributed by atoms with van der Waals surface area (Å²) in [5, 5.41) is 2.29. The molecule has 2 heterocycles. The highest BCUT2D eigenvalue weighted by Gasteiger charge is 2.39. The van der Waals surface area contributed by atoms with Crippen LogP contribution in [0.15, 0.2) is 47.4 Å². The number of benzene rings is 2. The van der Waals surface area contributed by atoms with E-state index < -0.39 is 22.1 Å². The van der Waals surface area contributed by atoms with E-state index in [1.807, 2.05) is 19.9 Å². The van der Waals surface area contributed by atoms with Gasteiger partial charge in [-0.15, -0.1) is 0 Å². The number of hydrogen-bond acceptors (Lipinski definition) is 6. The number of amides is 3. The van der Waals surface area contributed by atoms with Gasteiger partial charge in [0.15, 0.2) is 0 Å². The maximum Gasteiger partial charge on any atom is 0.296 e. The van der Waals surface area contributed by atoms with E-state index in [0.717, 1.165) is 16.7 Å². The first-order valence-corrected chi connectivity index (χ1v) is 11.8. The van der Waals surface area contributed by atoms with E-state index in [1.54, 1.807) is 24.3 Å². The summed E-state index contributed by atoms with van der Waals surface area (Å²) in [6, 6.07) is 11.1. The van der Waals surface area contributed by atoms with Crippen molar-refractivity contribution in [2.24, 2.45) is 0 Å². The van der Waals surface area contributed by atoms with Crippen LogP contribution in [0.1, 0.15) is 52.7 Å². The number of rotatable bonds is 6. The Kier molecular flexibility index (Phi) is 5.87. The molecule has 1 fully saturated rings.